The molecule has 0 radical (unpaired) electrons. The smallest absolute Gasteiger partial charge is 0.0541 e. The summed E-state index contributed by atoms with van der Waals surface area (Å²) in [4.78, 5) is 0. The molecule has 2 bridgehead atoms. The molecule has 2 nitrogen and oxygen atoms in total. The van der Waals surface area contributed by atoms with Crippen LogP contribution in [0.15, 0.2) is 0 Å². The summed E-state index contributed by atoms with van der Waals surface area (Å²) < 4.78 is 0. The molecule has 3 atom stereocenters. The van der Waals surface area contributed by atoms with E-state index in [1.165, 1.54) is 38.5 Å². The van der Waals surface area contributed by atoms with Crippen LogP contribution >= 0.6 is 0 Å². The molecular weight excluding hydrogens is 186 g/mol. The van der Waals surface area contributed by atoms with Gasteiger partial charge in [-0.2, -0.15) is 0 Å². The van der Waals surface area contributed by atoms with Crippen molar-refractivity contribution in [2.24, 2.45) is 11.8 Å². The van der Waals surface area contributed by atoms with Gasteiger partial charge in [0.2, 0.25) is 0 Å². The van der Waals surface area contributed by atoms with Crippen LogP contribution in [-0.2, 0) is 0 Å². The highest BCUT2D eigenvalue weighted by Gasteiger charge is 2.40. The molecule has 3 fully saturated rings. The van der Waals surface area contributed by atoms with E-state index in [1.807, 2.05) is 0 Å². The molecule has 0 spiro atoms. The van der Waals surface area contributed by atoms with Crippen LogP contribution in [0.1, 0.15) is 51.4 Å². The third-order valence-electron chi connectivity index (χ3n) is 4.88. The summed E-state index contributed by atoms with van der Waals surface area (Å²) in [6, 6.07) is 1.53. The fourth-order valence-corrected chi connectivity index (χ4v) is 3.99. The number of hydrogen-bond donors (Lipinski definition) is 2. The van der Waals surface area contributed by atoms with Crippen molar-refractivity contribution in [2.75, 3.05) is 0 Å². The first-order valence-corrected chi connectivity index (χ1v) is 6.75. The molecule has 3 rings (SSSR count). The average Bonchev–Trinajstić information content (AvgIpc) is 2.83. The standard InChI is InChI=1S/C13H23NO/c15-12-5-3-11(4-6-12)14-13-8-9-1-2-10(13)7-9/h9-15H,1-8H2/t9-,10-,11?,12?,13+/m1/s1. The molecule has 3 saturated carbocycles. The summed E-state index contributed by atoms with van der Waals surface area (Å²) in [7, 11) is 0. The highest BCUT2D eigenvalue weighted by molar-refractivity contribution is 4.95. The zero-order valence-electron chi connectivity index (χ0n) is 9.49. The van der Waals surface area contributed by atoms with Gasteiger partial charge in [0.1, 0.15) is 0 Å². The molecule has 0 aromatic heterocycles. The first-order chi connectivity index (χ1) is 7.31. The maximum Gasteiger partial charge on any atom is 0.0541 e. The van der Waals surface area contributed by atoms with Crippen molar-refractivity contribution in [2.45, 2.75) is 69.6 Å². The molecule has 3 aliphatic carbocycles. The fraction of sp³-hybridized carbons (Fsp3) is 1.00. The summed E-state index contributed by atoms with van der Waals surface area (Å²) in [6.45, 7) is 0. The van der Waals surface area contributed by atoms with E-state index >= 15 is 0 Å². The zero-order chi connectivity index (χ0) is 10.3. The van der Waals surface area contributed by atoms with Gasteiger partial charge in [0.25, 0.3) is 0 Å². The summed E-state index contributed by atoms with van der Waals surface area (Å²) in [5, 5.41) is 13.3. The van der Waals surface area contributed by atoms with Crippen molar-refractivity contribution in [3.05, 3.63) is 0 Å². The second-order valence-corrected chi connectivity index (χ2v) is 5.95. The quantitative estimate of drug-likeness (QED) is 0.729. The van der Waals surface area contributed by atoms with Crippen LogP contribution in [0.2, 0.25) is 0 Å². The Morgan fingerprint density at radius 2 is 1.67 bits per heavy atom. The lowest BCUT2D eigenvalue weighted by Crippen LogP contribution is -2.43. The first kappa shape index (κ1) is 10.1. The lowest BCUT2D eigenvalue weighted by Gasteiger charge is -2.32. The number of fused-ring (bicyclic) bond motifs is 2. The summed E-state index contributed by atoms with van der Waals surface area (Å²) >= 11 is 0. The molecule has 0 aliphatic heterocycles. The van der Waals surface area contributed by atoms with Gasteiger partial charge in [0.15, 0.2) is 0 Å². The predicted molar refractivity (Wildman–Crippen MR) is 60.6 cm³/mol. The van der Waals surface area contributed by atoms with Gasteiger partial charge in [0, 0.05) is 12.1 Å². The maximum absolute atomic E-state index is 9.47. The molecule has 2 heteroatoms. The van der Waals surface area contributed by atoms with Crippen molar-refractivity contribution < 1.29 is 5.11 Å². The van der Waals surface area contributed by atoms with Crippen molar-refractivity contribution in [1.82, 2.24) is 5.32 Å². The van der Waals surface area contributed by atoms with Crippen LogP contribution in [0.25, 0.3) is 0 Å². The molecule has 2 N–H and O–H groups in total. The van der Waals surface area contributed by atoms with Gasteiger partial charge in [-0.05, 0) is 56.8 Å². The highest BCUT2D eigenvalue weighted by atomic mass is 16.3. The molecule has 86 valence electrons. The number of aliphatic hydroxyl groups excluding tert-OH is 1. The molecule has 0 heterocycles. The van der Waals surface area contributed by atoms with Gasteiger partial charge in [-0.15, -0.1) is 0 Å². The Bertz CT molecular complexity index is 223. The molecule has 3 aliphatic rings. The molecular formula is C13H23NO. The van der Waals surface area contributed by atoms with Gasteiger partial charge in [0.05, 0.1) is 6.10 Å². The van der Waals surface area contributed by atoms with E-state index in [9.17, 15) is 5.11 Å². The Balaban J connectivity index is 1.49. The molecule has 0 unspecified atom stereocenters. The van der Waals surface area contributed by atoms with Crippen molar-refractivity contribution in [1.29, 1.82) is 0 Å². The Morgan fingerprint density at radius 3 is 2.27 bits per heavy atom. The topological polar surface area (TPSA) is 32.3 Å². The van der Waals surface area contributed by atoms with Crippen LogP contribution < -0.4 is 5.32 Å². The number of aliphatic hydroxyl groups is 1. The minimum atomic E-state index is -0.0110. The average molecular weight is 209 g/mol. The predicted octanol–water partition coefficient (Wildman–Crippen LogP) is 2.07. The van der Waals surface area contributed by atoms with E-state index in [4.69, 9.17) is 0 Å². The summed E-state index contributed by atoms with van der Waals surface area (Å²) in [5.74, 6) is 2.03. The Hall–Kier alpha value is -0.0800. The minimum absolute atomic E-state index is 0.0110. The minimum Gasteiger partial charge on any atom is -0.393 e. The van der Waals surface area contributed by atoms with Crippen LogP contribution in [0.3, 0.4) is 0 Å². The van der Waals surface area contributed by atoms with Gasteiger partial charge < -0.3 is 10.4 Å². The number of rotatable bonds is 2. The normalized spacial score (nSPS) is 49.8. The monoisotopic (exact) mass is 209 g/mol. The second kappa shape index (κ2) is 4.06. The first-order valence-electron chi connectivity index (χ1n) is 6.75. The Labute approximate surface area is 92.4 Å². The van der Waals surface area contributed by atoms with Crippen LogP contribution in [-0.4, -0.2) is 23.3 Å². The summed E-state index contributed by atoms with van der Waals surface area (Å²) in [6.07, 6.45) is 10.3. The van der Waals surface area contributed by atoms with E-state index < -0.39 is 0 Å². The second-order valence-electron chi connectivity index (χ2n) is 5.95. The van der Waals surface area contributed by atoms with Crippen molar-refractivity contribution >= 4 is 0 Å². The fourth-order valence-electron chi connectivity index (χ4n) is 3.99. The highest BCUT2D eigenvalue weighted by Crippen LogP contribution is 2.44. The Kier molecular flexibility index (Phi) is 2.73. The van der Waals surface area contributed by atoms with Crippen LogP contribution in [0, 0.1) is 11.8 Å². The van der Waals surface area contributed by atoms with E-state index in [2.05, 4.69) is 5.32 Å². The maximum atomic E-state index is 9.47. The van der Waals surface area contributed by atoms with Crippen LogP contribution in [0.5, 0.6) is 0 Å². The van der Waals surface area contributed by atoms with E-state index in [-0.39, 0.29) is 6.10 Å². The molecule has 0 aromatic rings. The van der Waals surface area contributed by atoms with Crippen molar-refractivity contribution in [3.8, 4) is 0 Å². The number of nitrogens with one attached hydrogen (secondary N) is 1. The van der Waals surface area contributed by atoms with E-state index in [0.717, 1.165) is 30.7 Å². The van der Waals surface area contributed by atoms with E-state index in [0.29, 0.717) is 6.04 Å². The SMILES string of the molecule is OC1CCC(N[C@H]2C[C@@H]3CC[C@@H]2C3)CC1. The van der Waals surface area contributed by atoms with Gasteiger partial charge in [-0.3, -0.25) is 0 Å². The zero-order valence-corrected chi connectivity index (χ0v) is 9.49. The molecule has 15 heavy (non-hydrogen) atoms. The van der Waals surface area contributed by atoms with Gasteiger partial charge in [-0.1, -0.05) is 6.42 Å². The molecule has 0 saturated heterocycles. The Morgan fingerprint density at radius 1 is 0.867 bits per heavy atom. The van der Waals surface area contributed by atoms with Gasteiger partial charge in [-0.25, -0.2) is 0 Å². The van der Waals surface area contributed by atoms with E-state index in [1.54, 1.807) is 0 Å². The molecule has 0 aromatic carbocycles. The summed E-state index contributed by atoms with van der Waals surface area (Å²) in [5.41, 5.74) is 0. The third-order valence-corrected chi connectivity index (χ3v) is 4.88. The largest absolute Gasteiger partial charge is 0.393 e. The third kappa shape index (κ3) is 2.07. The number of hydrogen-bond acceptors (Lipinski definition) is 2. The lowest BCUT2D eigenvalue weighted by molar-refractivity contribution is 0.111. The van der Waals surface area contributed by atoms with Gasteiger partial charge >= 0.3 is 0 Å². The lowest BCUT2D eigenvalue weighted by atomic mass is 9.89. The van der Waals surface area contributed by atoms with Crippen molar-refractivity contribution in [3.63, 3.8) is 0 Å². The van der Waals surface area contributed by atoms with Crippen LogP contribution in [0.4, 0.5) is 0 Å². The molecule has 0 amide bonds.